The van der Waals surface area contributed by atoms with E-state index < -0.39 is 0 Å². The van der Waals surface area contributed by atoms with Crippen molar-refractivity contribution in [1.29, 1.82) is 0 Å². The van der Waals surface area contributed by atoms with Crippen LogP contribution in [0.3, 0.4) is 0 Å². The molecule has 1 aromatic heterocycles. The zero-order chi connectivity index (χ0) is 19.6. The minimum atomic E-state index is 0.112. The molecule has 148 valence electrons. The number of carbonyl (C=O) groups excluding carboxylic acids is 1. The van der Waals surface area contributed by atoms with Crippen LogP contribution in [0.25, 0.3) is 0 Å². The molecule has 0 fully saturated rings. The average molecular weight is 389 g/mol. The molecule has 1 aromatic carbocycles. The minimum Gasteiger partial charge on any atom is -0.356 e. The van der Waals surface area contributed by atoms with E-state index in [1.807, 2.05) is 0 Å². The lowest BCUT2D eigenvalue weighted by atomic mass is 10.1. The van der Waals surface area contributed by atoms with Crippen LogP contribution in [0.2, 0.25) is 0 Å². The fourth-order valence-corrected chi connectivity index (χ4v) is 3.58. The molecule has 1 amide bonds. The maximum Gasteiger partial charge on any atom is 0.221 e. The van der Waals surface area contributed by atoms with Gasteiger partial charge < -0.3 is 10.2 Å². The van der Waals surface area contributed by atoms with Gasteiger partial charge in [-0.25, -0.2) is 4.98 Å². The molecule has 6 heteroatoms. The van der Waals surface area contributed by atoms with E-state index in [0.717, 1.165) is 43.2 Å². The van der Waals surface area contributed by atoms with Crippen molar-refractivity contribution >= 4 is 22.6 Å². The molecule has 0 saturated carbocycles. The normalized spacial score (nSPS) is 12.0. The van der Waals surface area contributed by atoms with Crippen LogP contribution >= 0.6 is 11.5 Å². The van der Waals surface area contributed by atoms with Crippen LogP contribution in [0.15, 0.2) is 24.3 Å². The molecular formula is C21H32N4OS. The molecule has 0 unspecified atom stereocenters. The van der Waals surface area contributed by atoms with Crippen LogP contribution in [0.1, 0.15) is 63.4 Å². The summed E-state index contributed by atoms with van der Waals surface area (Å²) in [5.74, 6) is 0.959. The molecule has 1 N–H and O–H groups in total. The van der Waals surface area contributed by atoms with Gasteiger partial charge in [0, 0.05) is 43.5 Å². The van der Waals surface area contributed by atoms with Crippen LogP contribution in [0.5, 0.6) is 0 Å². The van der Waals surface area contributed by atoms with E-state index in [9.17, 15) is 4.79 Å². The van der Waals surface area contributed by atoms with E-state index in [2.05, 4.69) is 66.6 Å². The Morgan fingerprint density at radius 2 is 2.00 bits per heavy atom. The number of carbonyl (C=O) groups is 1. The summed E-state index contributed by atoms with van der Waals surface area (Å²) in [6, 6.07) is 8.82. The summed E-state index contributed by atoms with van der Waals surface area (Å²) in [4.78, 5) is 19.0. The maximum absolute atomic E-state index is 12.1. The first kappa shape index (κ1) is 21.4. The highest BCUT2D eigenvalue weighted by molar-refractivity contribution is 7.09. The Bertz CT molecular complexity index is 698. The first-order chi connectivity index (χ1) is 13.0. The van der Waals surface area contributed by atoms with Gasteiger partial charge in [0.25, 0.3) is 0 Å². The number of hydrogen-bond acceptors (Lipinski definition) is 5. The number of unbranched alkanes of at least 4 members (excludes halogenated alkanes) is 1. The fraction of sp³-hybridized carbons (Fsp3) is 0.571. The quantitative estimate of drug-likeness (QED) is 0.582. The smallest absolute Gasteiger partial charge is 0.221 e. The second kappa shape index (κ2) is 11.0. The van der Waals surface area contributed by atoms with E-state index >= 15 is 0 Å². The first-order valence-electron chi connectivity index (χ1n) is 9.95. The van der Waals surface area contributed by atoms with Gasteiger partial charge in [0.05, 0.1) is 0 Å². The van der Waals surface area contributed by atoms with Crippen molar-refractivity contribution in [2.45, 2.75) is 65.8 Å². The molecule has 0 radical (unpaired) electrons. The van der Waals surface area contributed by atoms with Crippen molar-refractivity contribution in [1.82, 2.24) is 14.7 Å². The lowest BCUT2D eigenvalue weighted by molar-refractivity contribution is -0.120. The van der Waals surface area contributed by atoms with Crippen molar-refractivity contribution in [2.24, 2.45) is 0 Å². The second-order valence-corrected chi connectivity index (χ2v) is 7.79. The van der Waals surface area contributed by atoms with Crippen LogP contribution in [0, 0.1) is 6.92 Å². The van der Waals surface area contributed by atoms with Gasteiger partial charge in [0.2, 0.25) is 11.0 Å². The molecule has 0 bridgehead atoms. The largest absolute Gasteiger partial charge is 0.356 e. The molecule has 1 atom stereocenters. The zero-order valence-corrected chi connectivity index (χ0v) is 17.8. The Labute approximate surface area is 167 Å². The molecule has 0 spiro atoms. The number of aryl methyl sites for hydroxylation is 1. The predicted octanol–water partition coefficient (Wildman–Crippen LogP) is 4.35. The van der Waals surface area contributed by atoms with Crippen LogP contribution in [-0.4, -0.2) is 34.4 Å². The number of amides is 1. The number of rotatable bonds is 11. The number of anilines is 1. The fourth-order valence-electron chi connectivity index (χ4n) is 2.76. The van der Waals surface area contributed by atoms with Crippen molar-refractivity contribution in [2.75, 3.05) is 18.0 Å². The van der Waals surface area contributed by atoms with Gasteiger partial charge in [-0.15, -0.1) is 0 Å². The third-order valence-corrected chi connectivity index (χ3v) is 5.53. The highest BCUT2D eigenvalue weighted by Crippen LogP contribution is 2.22. The molecule has 1 heterocycles. The lowest BCUT2D eigenvalue weighted by Gasteiger charge is -2.27. The van der Waals surface area contributed by atoms with Crippen molar-refractivity contribution in [3.8, 4) is 0 Å². The standard InChI is InChI=1S/C21H32N4OS/c1-5-7-13-22-20(26)12-14-25(17(4)6-2)21-23-19(24-27-21)15-18-10-8-16(3)9-11-18/h8-11,17H,5-7,12-15H2,1-4H3,(H,22,26)/t17-/m1/s1. The zero-order valence-electron chi connectivity index (χ0n) is 17.0. The topological polar surface area (TPSA) is 58.1 Å². The first-order valence-corrected chi connectivity index (χ1v) is 10.7. The Morgan fingerprint density at radius 3 is 2.67 bits per heavy atom. The minimum absolute atomic E-state index is 0.112. The highest BCUT2D eigenvalue weighted by atomic mass is 32.1. The summed E-state index contributed by atoms with van der Waals surface area (Å²) in [5, 5.41) is 3.90. The molecule has 0 aliphatic rings. The predicted molar refractivity (Wildman–Crippen MR) is 114 cm³/mol. The van der Waals surface area contributed by atoms with Gasteiger partial charge >= 0.3 is 0 Å². The number of aromatic nitrogens is 2. The summed E-state index contributed by atoms with van der Waals surface area (Å²) in [7, 11) is 0. The third kappa shape index (κ3) is 6.94. The Hall–Kier alpha value is -1.95. The number of nitrogens with zero attached hydrogens (tertiary/aromatic N) is 3. The summed E-state index contributed by atoms with van der Waals surface area (Å²) in [6.45, 7) is 9.99. The van der Waals surface area contributed by atoms with E-state index in [1.54, 1.807) is 0 Å². The summed E-state index contributed by atoms with van der Waals surface area (Å²) < 4.78 is 4.55. The second-order valence-electron chi connectivity index (χ2n) is 7.06. The van der Waals surface area contributed by atoms with E-state index in [0.29, 0.717) is 19.0 Å². The summed E-state index contributed by atoms with van der Waals surface area (Å²) in [6.07, 6.45) is 4.35. The Balaban J connectivity index is 1.98. The van der Waals surface area contributed by atoms with Gasteiger partial charge in [0.1, 0.15) is 5.82 Å². The van der Waals surface area contributed by atoms with Crippen molar-refractivity contribution in [3.63, 3.8) is 0 Å². The van der Waals surface area contributed by atoms with Crippen molar-refractivity contribution in [3.05, 3.63) is 41.2 Å². The van der Waals surface area contributed by atoms with E-state index in [4.69, 9.17) is 4.98 Å². The molecule has 0 aliphatic carbocycles. The number of benzene rings is 1. The van der Waals surface area contributed by atoms with E-state index in [1.165, 1.54) is 22.7 Å². The monoisotopic (exact) mass is 388 g/mol. The summed E-state index contributed by atoms with van der Waals surface area (Å²) in [5.41, 5.74) is 2.47. The van der Waals surface area contributed by atoms with E-state index in [-0.39, 0.29) is 5.91 Å². The van der Waals surface area contributed by atoms with Crippen LogP contribution < -0.4 is 10.2 Å². The third-order valence-electron chi connectivity index (χ3n) is 4.74. The Morgan fingerprint density at radius 1 is 1.26 bits per heavy atom. The number of nitrogens with one attached hydrogen (secondary N) is 1. The highest BCUT2D eigenvalue weighted by Gasteiger charge is 2.19. The molecule has 0 saturated heterocycles. The van der Waals surface area contributed by atoms with Gasteiger partial charge in [-0.3, -0.25) is 4.79 Å². The average Bonchev–Trinajstić information content (AvgIpc) is 3.12. The van der Waals surface area contributed by atoms with Crippen LogP contribution in [0.4, 0.5) is 5.13 Å². The van der Waals surface area contributed by atoms with Crippen molar-refractivity contribution < 1.29 is 4.79 Å². The lowest BCUT2D eigenvalue weighted by Crippen LogP contribution is -2.36. The molecule has 27 heavy (non-hydrogen) atoms. The molecule has 2 rings (SSSR count). The molecule has 2 aromatic rings. The maximum atomic E-state index is 12.1. The van der Waals surface area contributed by atoms with Gasteiger partial charge in [-0.05, 0) is 32.3 Å². The Kier molecular flexibility index (Phi) is 8.72. The number of hydrogen-bond donors (Lipinski definition) is 1. The van der Waals surface area contributed by atoms with Gasteiger partial charge in [-0.2, -0.15) is 4.37 Å². The SMILES string of the molecule is CCCCNC(=O)CCN(c1nc(Cc2ccc(C)cc2)ns1)[C@H](C)CC. The molecular weight excluding hydrogens is 356 g/mol. The molecule has 0 aliphatic heterocycles. The molecule has 5 nitrogen and oxygen atoms in total. The summed E-state index contributed by atoms with van der Waals surface area (Å²) >= 11 is 1.43. The van der Waals surface area contributed by atoms with Gasteiger partial charge in [-0.1, -0.05) is 50.1 Å². The van der Waals surface area contributed by atoms with Crippen LogP contribution in [-0.2, 0) is 11.2 Å². The van der Waals surface area contributed by atoms with Gasteiger partial charge in [0.15, 0.2) is 0 Å².